The Hall–Kier alpha value is -3.07. The van der Waals surface area contributed by atoms with Crippen molar-refractivity contribution in [2.75, 3.05) is 5.48 Å². The van der Waals surface area contributed by atoms with Gasteiger partial charge in [-0.25, -0.2) is 0 Å². The molecule has 1 aromatic heterocycles. The molecule has 2 heterocycles. The van der Waals surface area contributed by atoms with Gasteiger partial charge in [0.25, 0.3) is 0 Å². The smallest absolute Gasteiger partial charge is 0.200 e. The molecule has 37 heavy (non-hydrogen) atoms. The Kier molecular flexibility index (Phi) is 6.13. The molecule has 0 saturated heterocycles. The number of ether oxygens (including phenoxy) is 2. The first-order valence-corrected chi connectivity index (χ1v) is 13.2. The van der Waals surface area contributed by atoms with Crippen molar-refractivity contribution in [2.24, 2.45) is 0 Å². The van der Waals surface area contributed by atoms with Crippen LogP contribution in [0.2, 0.25) is 0 Å². The summed E-state index contributed by atoms with van der Waals surface area (Å²) in [6.07, 6.45) is 6.24. The van der Waals surface area contributed by atoms with E-state index in [9.17, 15) is 15.0 Å². The Bertz CT molecular complexity index is 1370. The molecule has 1 aliphatic heterocycles. The average molecular weight is 508 g/mol. The van der Waals surface area contributed by atoms with Crippen molar-refractivity contribution in [3.05, 3.63) is 63.0 Å². The second kappa shape index (κ2) is 9.35. The van der Waals surface area contributed by atoms with Gasteiger partial charge in [-0.2, -0.15) is 0 Å². The number of nitrogens with one attached hydrogen (secondary N) is 1. The van der Waals surface area contributed by atoms with Crippen molar-refractivity contribution in [3.8, 4) is 11.5 Å². The second-order valence-electron chi connectivity index (χ2n) is 10.9. The van der Waals surface area contributed by atoms with Crippen LogP contribution in [0.25, 0.3) is 11.0 Å². The van der Waals surface area contributed by atoms with Crippen molar-refractivity contribution < 1.29 is 29.3 Å². The van der Waals surface area contributed by atoms with Crippen LogP contribution in [0.1, 0.15) is 80.2 Å². The minimum atomic E-state index is -0.979. The third kappa shape index (κ3) is 4.17. The Morgan fingerprint density at radius 2 is 1.89 bits per heavy atom. The molecular formula is C29H33NO7. The third-order valence-electron chi connectivity index (χ3n) is 8.31. The molecule has 2 fully saturated rings. The van der Waals surface area contributed by atoms with Crippen LogP contribution in [0, 0.1) is 0 Å². The first-order chi connectivity index (χ1) is 17.9. The maximum atomic E-state index is 14.1. The molecule has 6 rings (SSSR count). The molecule has 3 atom stereocenters. The van der Waals surface area contributed by atoms with Gasteiger partial charge in [-0.1, -0.05) is 12.1 Å². The lowest BCUT2D eigenvalue weighted by Gasteiger charge is -2.37. The van der Waals surface area contributed by atoms with Gasteiger partial charge in [-0.15, -0.1) is 0 Å². The van der Waals surface area contributed by atoms with Crippen LogP contribution in [0.15, 0.2) is 39.5 Å². The average Bonchev–Trinajstić information content (AvgIpc) is 3.54. The number of rotatable bonds is 6. The zero-order valence-corrected chi connectivity index (χ0v) is 21.0. The van der Waals surface area contributed by atoms with E-state index in [1.54, 1.807) is 18.2 Å². The Balaban J connectivity index is 1.54. The van der Waals surface area contributed by atoms with E-state index >= 15 is 0 Å². The summed E-state index contributed by atoms with van der Waals surface area (Å²) >= 11 is 0. The second-order valence-corrected chi connectivity index (χ2v) is 10.9. The minimum absolute atomic E-state index is 0.0109. The fourth-order valence-electron chi connectivity index (χ4n) is 6.40. The maximum absolute atomic E-state index is 14.1. The van der Waals surface area contributed by atoms with E-state index in [0.29, 0.717) is 40.1 Å². The van der Waals surface area contributed by atoms with Crippen molar-refractivity contribution in [1.82, 2.24) is 0 Å². The highest BCUT2D eigenvalue weighted by Crippen LogP contribution is 2.54. The zero-order chi connectivity index (χ0) is 25.7. The lowest BCUT2D eigenvalue weighted by atomic mass is 9.74. The van der Waals surface area contributed by atoms with Gasteiger partial charge >= 0.3 is 0 Å². The molecule has 2 aromatic carbocycles. The lowest BCUT2D eigenvalue weighted by Crippen LogP contribution is -2.47. The molecule has 0 spiro atoms. The molecule has 0 amide bonds. The normalized spacial score (nSPS) is 25.1. The lowest BCUT2D eigenvalue weighted by molar-refractivity contribution is -0.0725. The van der Waals surface area contributed by atoms with Crippen LogP contribution in [-0.4, -0.2) is 33.2 Å². The fraction of sp³-hybridized carbons (Fsp3) is 0.483. The maximum Gasteiger partial charge on any atom is 0.200 e. The van der Waals surface area contributed by atoms with E-state index < -0.39 is 18.3 Å². The van der Waals surface area contributed by atoms with Crippen LogP contribution in [-0.2, 0) is 13.0 Å². The van der Waals surface area contributed by atoms with Gasteiger partial charge in [-0.05, 0) is 69.6 Å². The van der Waals surface area contributed by atoms with Gasteiger partial charge in [0.15, 0.2) is 5.43 Å². The summed E-state index contributed by atoms with van der Waals surface area (Å²) < 4.78 is 19.1. The number of hydrogen-bond donors (Lipinski definition) is 4. The molecule has 2 aliphatic carbocycles. The van der Waals surface area contributed by atoms with Crippen LogP contribution < -0.4 is 20.4 Å². The highest BCUT2D eigenvalue weighted by molar-refractivity contribution is 5.89. The van der Waals surface area contributed by atoms with Crippen LogP contribution in [0.3, 0.4) is 0 Å². The van der Waals surface area contributed by atoms with Crippen LogP contribution in [0.5, 0.6) is 11.5 Å². The van der Waals surface area contributed by atoms with Gasteiger partial charge in [0.05, 0.1) is 17.4 Å². The van der Waals surface area contributed by atoms with E-state index in [2.05, 4.69) is 5.48 Å². The van der Waals surface area contributed by atoms with E-state index in [0.717, 1.165) is 49.7 Å². The summed E-state index contributed by atoms with van der Waals surface area (Å²) in [5.74, 6) is 1.24. The summed E-state index contributed by atoms with van der Waals surface area (Å²) in [5.41, 5.74) is 3.84. The SMILES string of the molecule is C[C@@]1(O)CCC[C@@H]2c3c(cc4oc(CO)c(Cc5ccc(NO)cc5)c(=O)c4c3OC3CCCC3)O[C@@H]21. The van der Waals surface area contributed by atoms with E-state index in [4.69, 9.17) is 19.1 Å². The first-order valence-electron chi connectivity index (χ1n) is 13.2. The Labute approximate surface area is 214 Å². The third-order valence-corrected chi connectivity index (χ3v) is 8.31. The number of hydrogen-bond acceptors (Lipinski definition) is 8. The van der Waals surface area contributed by atoms with Crippen LogP contribution in [0.4, 0.5) is 5.69 Å². The number of anilines is 1. The first kappa shape index (κ1) is 24.3. The molecule has 0 bridgehead atoms. The minimum Gasteiger partial charge on any atom is -0.489 e. The molecule has 196 valence electrons. The quantitative estimate of drug-likeness (QED) is 0.352. The van der Waals surface area contributed by atoms with Gasteiger partial charge in [-0.3, -0.25) is 15.5 Å². The number of aliphatic hydroxyl groups is 2. The fourth-order valence-corrected chi connectivity index (χ4v) is 6.40. The van der Waals surface area contributed by atoms with Crippen LogP contribution >= 0.6 is 0 Å². The predicted molar refractivity (Wildman–Crippen MR) is 138 cm³/mol. The molecule has 3 aliphatic rings. The van der Waals surface area contributed by atoms with E-state index in [1.807, 2.05) is 19.1 Å². The van der Waals surface area contributed by atoms with E-state index in [-0.39, 0.29) is 29.6 Å². The zero-order valence-electron chi connectivity index (χ0n) is 21.0. The molecule has 0 radical (unpaired) electrons. The van der Waals surface area contributed by atoms with Gasteiger partial charge in [0.2, 0.25) is 0 Å². The summed E-state index contributed by atoms with van der Waals surface area (Å²) in [6.45, 7) is 1.39. The molecule has 8 heteroatoms. The Morgan fingerprint density at radius 1 is 1.14 bits per heavy atom. The monoisotopic (exact) mass is 507 g/mol. The molecule has 8 nitrogen and oxygen atoms in total. The summed E-state index contributed by atoms with van der Waals surface area (Å²) in [6, 6.07) is 8.77. The van der Waals surface area contributed by atoms with Gasteiger partial charge in [0, 0.05) is 29.5 Å². The Morgan fingerprint density at radius 3 is 2.59 bits per heavy atom. The summed E-state index contributed by atoms with van der Waals surface area (Å²) in [7, 11) is 0. The van der Waals surface area contributed by atoms with Crippen molar-refractivity contribution in [3.63, 3.8) is 0 Å². The van der Waals surface area contributed by atoms with Crippen molar-refractivity contribution in [1.29, 1.82) is 0 Å². The largest absolute Gasteiger partial charge is 0.489 e. The van der Waals surface area contributed by atoms with E-state index in [1.165, 1.54) is 0 Å². The molecule has 3 aromatic rings. The molecule has 4 N–H and O–H groups in total. The topological polar surface area (TPSA) is 121 Å². The predicted octanol–water partition coefficient (Wildman–Crippen LogP) is 4.78. The van der Waals surface area contributed by atoms with Gasteiger partial charge in [0.1, 0.15) is 40.9 Å². The standard InChI is InChI=1S/C29H33NO7/c1-29(33)12-4-7-19-24-21(37-28(19)29)14-22-25(27(24)35-18-5-2-3-6-18)26(32)20(23(15-31)36-22)13-16-8-10-17(30-34)11-9-16/h8-11,14,18-19,28,30-31,33-34H,2-7,12-13,15H2,1H3/t19-,28+,29-/m1/s1. The van der Waals surface area contributed by atoms with Crippen molar-refractivity contribution in [2.45, 2.75) is 88.6 Å². The molecular weight excluding hydrogens is 474 g/mol. The number of aliphatic hydroxyl groups excluding tert-OH is 1. The summed E-state index contributed by atoms with van der Waals surface area (Å²) in [4.78, 5) is 14.1. The molecule has 0 unspecified atom stereocenters. The summed E-state index contributed by atoms with van der Waals surface area (Å²) in [5, 5.41) is 30.7. The highest BCUT2D eigenvalue weighted by atomic mass is 16.5. The number of benzene rings is 2. The number of fused-ring (bicyclic) bond motifs is 4. The van der Waals surface area contributed by atoms with Crippen molar-refractivity contribution >= 4 is 16.7 Å². The molecule has 2 saturated carbocycles. The highest BCUT2D eigenvalue weighted by Gasteiger charge is 2.50. The van der Waals surface area contributed by atoms with Gasteiger partial charge < -0.3 is 24.1 Å².